The number of carbonyl (C=O) groups excluding carboxylic acids is 1. The Morgan fingerprint density at radius 1 is 1.07 bits per heavy atom. The summed E-state index contributed by atoms with van der Waals surface area (Å²) in [5.41, 5.74) is 1.83. The predicted molar refractivity (Wildman–Crippen MR) is 109 cm³/mol. The van der Waals surface area contributed by atoms with Gasteiger partial charge >= 0.3 is 0 Å². The van der Waals surface area contributed by atoms with E-state index in [-0.39, 0.29) is 12.7 Å². The predicted octanol–water partition coefficient (Wildman–Crippen LogP) is 3.36. The van der Waals surface area contributed by atoms with E-state index < -0.39 is 0 Å². The van der Waals surface area contributed by atoms with Gasteiger partial charge < -0.3 is 23.5 Å². The van der Waals surface area contributed by atoms with Crippen molar-refractivity contribution in [3.8, 4) is 23.0 Å². The summed E-state index contributed by atoms with van der Waals surface area (Å²) in [6.45, 7) is 4.01. The number of hydrogen-bond acceptors (Lipinski definition) is 6. The first-order valence-corrected chi connectivity index (χ1v) is 10.1. The van der Waals surface area contributed by atoms with Crippen LogP contribution in [0, 0.1) is 0 Å². The first-order valence-electron chi connectivity index (χ1n) is 9.30. The third-order valence-corrected chi connectivity index (χ3v) is 5.72. The summed E-state index contributed by atoms with van der Waals surface area (Å²) in [7, 11) is 0. The summed E-state index contributed by atoms with van der Waals surface area (Å²) < 4.78 is 25.0. The fourth-order valence-corrected chi connectivity index (χ4v) is 4.42. The quantitative estimate of drug-likeness (QED) is 0.619. The second-order valence-electron chi connectivity index (χ2n) is 6.49. The minimum absolute atomic E-state index is 0.221. The number of amides is 1. The standard InChI is InChI=1S/C21H18N2O5S/c1-2-23-14-10-17-18(26-8-7-25-17)11-19(14)29-21(23)22-20(24)6-4-13-3-5-15-16(9-13)28-12-27-15/h3-6,9-11H,2,7-8,12H2,1H3/b6-4-,22-21?. The molecule has 3 aromatic rings. The van der Waals surface area contributed by atoms with Gasteiger partial charge in [-0.25, -0.2) is 0 Å². The molecule has 148 valence electrons. The molecule has 29 heavy (non-hydrogen) atoms. The van der Waals surface area contributed by atoms with Gasteiger partial charge in [0.1, 0.15) is 13.2 Å². The second kappa shape index (κ2) is 7.29. The van der Waals surface area contributed by atoms with Crippen molar-refractivity contribution in [1.82, 2.24) is 4.57 Å². The van der Waals surface area contributed by atoms with Gasteiger partial charge in [-0.2, -0.15) is 4.99 Å². The summed E-state index contributed by atoms with van der Waals surface area (Å²) in [4.78, 5) is 17.4. The Balaban J connectivity index is 1.46. The molecule has 2 aromatic carbocycles. The van der Waals surface area contributed by atoms with Gasteiger partial charge in [0.05, 0.1) is 10.2 Å². The van der Waals surface area contributed by atoms with E-state index >= 15 is 0 Å². The average Bonchev–Trinajstić information content (AvgIpc) is 3.33. The van der Waals surface area contributed by atoms with Crippen molar-refractivity contribution >= 4 is 33.5 Å². The zero-order valence-corrected chi connectivity index (χ0v) is 16.5. The molecule has 1 amide bonds. The van der Waals surface area contributed by atoms with Crippen molar-refractivity contribution < 1.29 is 23.7 Å². The molecule has 0 spiro atoms. The van der Waals surface area contributed by atoms with Gasteiger partial charge in [0.15, 0.2) is 27.8 Å². The topological polar surface area (TPSA) is 71.3 Å². The molecule has 2 aliphatic heterocycles. The van der Waals surface area contributed by atoms with Crippen molar-refractivity contribution in [3.05, 3.63) is 46.8 Å². The van der Waals surface area contributed by atoms with Gasteiger partial charge in [-0.05, 0) is 30.7 Å². The summed E-state index contributed by atoms with van der Waals surface area (Å²) in [5.74, 6) is 2.52. The third-order valence-electron chi connectivity index (χ3n) is 4.68. The molecule has 0 fully saturated rings. The van der Waals surface area contributed by atoms with E-state index in [1.54, 1.807) is 6.08 Å². The van der Waals surface area contributed by atoms with Gasteiger partial charge in [-0.15, -0.1) is 0 Å². The first-order chi connectivity index (χ1) is 14.2. The van der Waals surface area contributed by atoms with Crippen LogP contribution in [0.15, 0.2) is 41.4 Å². The lowest BCUT2D eigenvalue weighted by molar-refractivity contribution is -0.113. The molecule has 0 radical (unpaired) electrons. The summed E-state index contributed by atoms with van der Waals surface area (Å²) in [6.07, 6.45) is 3.18. The molecular weight excluding hydrogens is 392 g/mol. The van der Waals surface area contributed by atoms with Crippen LogP contribution in [0.25, 0.3) is 16.3 Å². The molecule has 2 aliphatic rings. The zero-order chi connectivity index (χ0) is 19.8. The normalized spacial score (nSPS) is 15.4. The van der Waals surface area contributed by atoms with Crippen LogP contribution in [0.3, 0.4) is 0 Å². The van der Waals surface area contributed by atoms with E-state index in [1.807, 2.05) is 41.8 Å². The van der Waals surface area contributed by atoms with Crippen molar-refractivity contribution in [2.75, 3.05) is 20.0 Å². The smallest absolute Gasteiger partial charge is 0.272 e. The molecule has 0 aliphatic carbocycles. The molecule has 0 bridgehead atoms. The Morgan fingerprint density at radius 2 is 1.83 bits per heavy atom. The van der Waals surface area contributed by atoms with Crippen molar-refractivity contribution in [1.29, 1.82) is 0 Å². The maximum atomic E-state index is 12.5. The molecule has 0 atom stereocenters. The van der Waals surface area contributed by atoms with E-state index in [1.165, 1.54) is 17.4 Å². The van der Waals surface area contributed by atoms with Crippen LogP contribution in [0.4, 0.5) is 0 Å². The molecular formula is C21H18N2O5S. The number of fused-ring (bicyclic) bond motifs is 3. The van der Waals surface area contributed by atoms with E-state index in [0.29, 0.717) is 36.1 Å². The minimum atomic E-state index is -0.325. The number of carbonyl (C=O) groups is 1. The van der Waals surface area contributed by atoms with E-state index in [2.05, 4.69) is 4.99 Å². The Morgan fingerprint density at radius 3 is 2.66 bits per heavy atom. The summed E-state index contributed by atoms with van der Waals surface area (Å²) in [5, 5.41) is 0. The molecule has 0 saturated heterocycles. The van der Waals surface area contributed by atoms with Gasteiger partial charge in [-0.1, -0.05) is 17.4 Å². The summed E-state index contributed by atoms with van der Waals surface area (Å²) >= 11 is 1.46. The molecule has 7 nitrogen and oxygen atoms in total. The number of benzene rings is 2. The molecule has 5 rings (SSSR count). The van der Waals surface area contributed by atoms with Crippen LogP contribution in [0.1, 0.15) is 12.5 Å². The maximum absolute atomic E-state index is 12.5. The van der Waals surface area contributed by atoms with Crippen LogP contribution in [0.5, 0.6) is 23.0 Å². The van der Waals surface area contributed by atoms with E-state index in [9.17, 15) is 4.79 Å². The lowest BCUT2D eigenvalue weighted by Crippen LogP contribution is -2.16. The highest BCUT2D eigenvalue weighted by molar-refractivity contribution is 7.16. The number of thiazole rings is 1. The first kappa shape index (κ1) is 17.8. The van der Waals surface area contributed by atoms with Gasteiger partial charge in [0.25, 0.3) is 5.91 Å². The Hall–Kier alpha value is -3.26. The van der Waals surface area contributed by atoms with Crippen LogP contribution in [-0.4, -0.2) is 30.5 Å². The number of hydrogen-bond donors (Lipinski definition) is 0. The highest BCUT2D eigenvalue weighted by Gasteiger charge is 2.16. The van der Waals surface area contributed by atoms with Gasteiger partial charge in [-0.3, -0.25) is 4.79 Å². The number of ether oxygens (including phenoxy) is 4. The zero-order valence-electron chi connectivity index (χ0n) is 15.7. The molecule has 1 aromatic heterocycles. The number of aromatic nitrogens is 1. The Labute approximate surface area is 170 Å². The number of rotatable bonds is 3. The monoisotopic (exact) mass is 410 g/mol. The highest BCUT2D eigenvalue weighted by atomic mass is 32.1. The molecule has 8 heteroatoms. The summed E-state index contributed by atoms with van der Waals surface area (Å²) in [6, 6.07) is 9.44. The molecule has 0 N–H and O–H groups in total. The van der Waals surface area contributed by atoms with Gasteiger partial charge in [0, 0.05) is 24.8 Å². The van der Waals surface area contributed by atoms with Crippen LogP contribution in [0.2, 0.25) is 0 Å². The van der Waals surface area contributed by atoms with Crippen molar-refractivity contribution in [3.63, 3.8) is 0 Å². The van der Waals surface area contributed by atoms with Crippen LogP contribution in [-0.2, 0) is 11.3 Å². The van der Waals surface area contributed by atoms with Crippen molar-refractivity contribution in [2.24, 2.45) is 4.99 Å². The molecule has 3 heterocycles. The molecule has 0 unspecified atom stereocenters. The fraction of sp³-hybridized carbons (Fsp3) is 0.238. The van der Waals surface area contributed by atoms with E-state index in [4.69, 9.17) is 18.9 Å². The SMILES string of the molecule is CCn1c(=NC(=O)/C=C\c2ccc3c(c2)OCO3)sc2cc3c(cc21)OCCO3. The van der Waals surface area contributed by atoms with Crippen LogP contribution < -0.4 is 23.7 Å². The fourth-order valence-electron chi connectivity index (χ4n) is 3.31. The molecule has 0 saturated carbocycles. The van der Waals surface area contributed by atoms with Gasteiger partial charge in [0.2, 0.25) is 6.79 Å². The number of aryl methyl sites for hydroxylation is 1. The maximum Gasteiger partial charge on any atom is 0.272 e. The average molecular weight is 410 g/mol. The second-order valence-corrected chi connectivity index (χ2v) is 7.50. The third kappa shape index (κ3) is 3.36. The largest absolute Gasteiger partial charge is 0.486 e. The Bertz CT molecular complexity index is 1210. The highest BCUT2D eigenvalue weighted by Crippen LogP contribution is 2.35. The Kier molecular flexibility index (Phi) is 4.48. The number of nitrogens with zero attached hydrogens (tertiary/aromatic N) is 2. The lowest BCUT2D eigenvalue weighted by Gasteiger charge is -2.18. The van der Waals surface area contributed by atoms with Crippen molar-refractivity contribution in [2.45, 2.75) is 13.5 Å². The van der Waals surface area contributed by atoms with E-state index in [0.717, 1.165) is 27.3 Å². The lowest BCUT2D eigenvalue weighted by atomic mass is 10.2. The van der Waals surface area contributed by atoms with Crippen LogP contribution >= 0.6 is 11.3 Å². The minimum Gasteiger partial charge on any atom is -0.486 e.